The number of hydrogen-bond acceptors (Lipinski definition) is 3. The minimum atomic E-state index is -1.08. The molecule has 4 N–H and O–H groups in total. The summed E-state index contributed by atoms with van der Waals surface area (Å²) < 4.78 is 0.791. The Labute approximate surface area is 125 Å². The smallest absolute Gasteiger partial charge is 0.337 e. The molecule has 0 aliphatic carbocycles. The highest BCUT2D eigenvalue weighted by molar-refractivity contribution is 14.1. The first-order valence-electron chi connectivity index (χ1n) is 5.96. The largest absolute Gasteiger partial charge is 0.478 e. The molecule has 6 heteroatoms. The molecule has 1 rings (SSSR count). The first-order chi connectivity index (χ1) is 8.86. The molecule has 0 bridgehead atoms. The molecule has 1 aromatic carbocycles. The van der Waals surface area contributed by atoms with E-state index in [4.69, 9.17) is 10.8 Å². The quantitative estimate of drug-likeness (QED) is 0.688. The topological polar surface area (TPSA) is 92.4 Å². The van der Waals surface area contributed by atoms with E-state index in [2.05, 4.69) is 5.32 Å². The number of anilines is 1. The summed E-state index contributed by atoms with van der Waals surface area (Å²) in [6.45, 7) is 3.83. The van der Waals surface area contributed by atoms with E-state index in [0.29, 0.717) is 0 Å². The molecule has 2 atom stereocenters. The fraction of sp³-hybridized carbons (Fsp3) is 0.385. The summed E-state index contributed by atoms with van der Waals surface area (Å²) in [5.74, 6) is -1.40. The maximum Gasteiger partial charge on any atom is 0.337 e. The molecular formula is C13H17IN2O3. The van der Waals surface area contributed by atoms with Gasteiger partial charge in [0.15, 0.2) is 0 Å². The highest BCUT2D eigenvalue weighted by Gasteiger charge is 2.21. The third-order valence-electron chi connectivity index (χ3n) is 3.03. The highest BCUT2D eigenvalue weighted by Crippen LogP contribution is 2.19. The number of nitrogens with one attached hydrogen (secondary N) is 1. The van der Waals surface area contributed by atoms with Gasteiger partial charge in [-0.25, -0.2) is 4.79 Å². The predicted octanol–water partition coefficient (Wildman–Crippen LogP) is 2.30. The van der Waals surface area contributed by atoms with Crippen LogP contribution < -0.4 is 11.1 Å². The number of carbonyl (C=O) groups is 2. The van der Waals surface area contributed by atoms with Gasteiger partial charge in [0.1, 0.15) is 0 Å². The first kappa shape index (κ1) is 15.9. The number of aromatic carboxylic acids is 1. The molecule has 0 unspecified atom stereocenters. The van der Waals surface area contributed by atoms with Gasteiger partial charge < -0.3 is 16.2 Å². The Morgan fingerprint density at radius 3 is 2.63 bits per heavy atom. The molecular weight excluding hydrogens is 359 g/mol. The number of amides is 1. The van der Waals surface area contributed by atoms with Crippen LogP contribution in [0.1, 0.15) is 30.6 Å². The monoisotopic (exact) mass is 376 g/mol. The van der Waals surface area contributed by atoms with Gasteiger partial charge in [-0.1, -0.05) is 20.3 Å². The standard InChI is InChI=1S/C13H17IN2O3/c1-3-7(2)11(15)12(17)16-10-5-4-8(14)6-9(10)13(18)19/h4-7,11H,3,15H2,1-2H3,(H,16,17)(H,18,19)/t7-,11-/m0/s1. The minimum Gasteiger partial charge on any atom is -0.478 e. The lowest BCUT2D eigenvalue weighted by Gasteiger charge is -2.18. The van der Waals surface area contributed by atoms with Gasteiger partial charge in [0, 0.05) is 3.57 Å². The van der Waals surface area contributed by atoms with E-state index >= 15 is 0 Å². The van der Waals surface area contributed by atoms with Crippen LogP contribution in [0.25, 0.3) is 0 Å². The zero-order valence-electron chi connectivity index (χ0n) is 10.8. The lowest BCUT2D eigenvalue weighted by molar-refractivity contribution is -0.118. The van der Waals surface area contributed by atoms with Crippen LogP contribution in [-0.4, -0.2) is 23.0 Å². The van der Waals surface area contributed by atoms with Crippen LogP contribution in [0.5, 0.6) is 0 Å². The average Bonchev–Trinajstić information content (AvgIpc) is 2.38. The SMILES string of the molecule is CC[C@H](C)[C@H](N)C(=O)Nc1ccc(I)cc1C(=O)O. The Kier molecular flexibility index (Phi) is 5.74. The molecule has 1 aromatic rings. The van der Waals surface area contributed by atoms with E-state index in [1.807, 2.05) is 36.4 Å². The van der Waals surface area contributed by atoms with E-state index in [1.165, 1.54) is 6.07 Å². The van der Waals surface area contributed by atoms with Crippen molar-refractivity contribution >= 4 is 40.2 Å². The summed E-state index contributed by atoms with van der Waals surface area (Å²) in [6.07, 6.45) is 0.785. The molecule has 0 saturated heterocycles. The van der Waals surface area contributed by atoms with E-state index in [1.54, 1.807) is 12.1 Å². The number of hydrogen-bond donors (Lipinski definition) is 3. The lowest BCUT2D eigenvalue weighted by atomic mass is 9.99. The summed E-state index contributed by atoms with van der Waals surface area (Å²) in [4.78, 5) is 23.1. The number of nitrogens with two attached hydrogens (primary N) is 1. The van der Waals surface area contributed by atoms with Gasteiger partial charge in [-0.2, -0.15) is 0 Å². The summed E-state index contributed by atoms with van der Waals surface area (Å²) in [6, 6.07) is 4.17. The molecule has 0 aliphatic rings. The van der Waals surface area contributed by atoms with Crippen molar-refractivity contribution in [3.05, 3.63) is 27.3 Å². The Morgan fingerprint density at radius 2 is 2.11 bits per heavy atom. The molecule has 0 radical (unpaired) electrons. The fourth-order valence-corrected chi connectivity index (χ4v) is 2.02. The van der Waals surface area contributed by atoms with Crippen molar-refractivity contribution in [2.45, 2.75) is 26.3 Å². The summed E-state index contributed by atoms with van der Waals surface area (Å²) >= 11 is 2.02. The van der Waals surface area contributed by atoms with Crippen molar-refractivity contribution in [2.24, 2.45) is 11.7 Å². The van der Waals surface area contributed by atoms with Crippen molar-refractivity contribution in [3.8, 4) is 0 Å². The molecule has 0 aromatic heterocycles. The Morgan fingerprint density at radius 1 is 1.47 bits per heavy atom. The number of benzene rings is 1. The van der Waals surface area contributed by atoms with Gasteiger partial charge in [0.2, 0.25) is 5.91 Å². The van der Waals surface area contributed by atoms with E-state index in [9.17, 15) is 9.59 Å². The van der Waals surface area contributed by atoms with Gasteiger partial charge in [-0.15, -0.1) is 0 Å². The molecule has 0 fully saturated rings. The normalized spacial score (nSPS) is 13.7. The van der Waals surface area contributed by atoms with Gasteiger partial charge in [-0.05, 0) is 46.7 Å². The molecule has 0 saturated carbocycles. The van der Waals surface area contributed by atoms with Crippen LogP contribution in [0.15, 0.2) is 18.2 Å². The average molecular weight is 376 g/mol. The van der Waals surface area contributed by atoms with Crippen LogP contribution in [0.2, 0.25) is 0 Å². The van der Waals surface area contributed by atoms with E-state index < -0.39 is 12.0 Å². The lowest BCUT2D eigenvalue weighted by Crippen LogP contribution is -2.40. The van der Waals surface area contributed by atoms with E-state index in [0.717, 1.165) is 9.99 Å². The second-order valence-electron chi connectivity index (χ2n) is 4.40. The first-order valence-corrected chi connectivity index (χ1v) is 7.04. The second kappa shape index (κ2) is 6.85. The Hall–Kier alpha value is -1.15. The number of rotatable bonds is 5. The van der Waals surface area contributed by atoms with Crippen molar-refractivity contribution in [1.82, 2.24) is 0 Å². The number of carbonyl (C=O) groups excluding carboxylic acids is 1. The van der Waals surface area contributed by atoms with Gasteiger partial charge in [0.05, 0.1) is 17.3 Å². The van der Waals surface area contributed by atoms with Gasteiger partial charge in [-0.3, -0.25) is 4.79 Å². The third-order valence-corrected chi connectivity index (χ3v) is 3.70. The predicted molar refractivity (Wildman–Crippen MR) is 82.2 cm³/mol. The maximum atomic E-state index is 11.9. The van der Waals surface area contributed by atoms with Crippen LogP contribution in [0, 0.1) is 9.49 Å². The van der Waals surface area contributed by atoms with Gasteiger partial charge >= 0.3 is 5.97 Å². The van der Waals surface area contributed by atoms with Crippen LogP contribution in [0.4, 0.5) is 5.69 Å². The molecule has 5 nitrogen and oxygen atoms in total. The highest BCUT2D eigenvalue weighted by atomic mass is 127. The number of carboxylic acids is 1. The number of halogens is 1. The molecule has 0 spiro atoms. The molecule has 0 heterocycles. The number of carboxylic acid groups (broad SMARTS) is 1. The summed E-state index contributed by atoms with van der Waals surface area (Å²) in [5, 5.41) is 11.7. The Balaban J connectivity index is 2.94. The Bertz CT molecular complexity index is 491. The minimum absolute atomic E-state index is 0.0390. The molecule has 104 valence electrons. The second-order valence-corrected chi connectivity index (χ2v) is 5.64. The van der Waals surface area contributed by atoms with Crippen LogP contribution >= 0.6 is 22.6 Å². The third kappa shape index (κ3) is 4.17. The zero-order valence-corrected chi connectivity index (χ0v) is 13.0. The van der Waals surface area contributed by atoms with Crippen LogP contribution in [0.3, 0.4) is 0 Å². The van der Waals surface area contributed by atoms with E-state index in [-0.39, 0.29) is 23.1 Å². The zero-order chi connectivity index (χ0) is 14.6. The van der Waals surface area contributed by atoms with Crippen molar-refractivity contribution < 1.29 is 14.7 Å². The van der Waals surface area contributed by atoms with Crippen molar-refractivity contribution in [3.63, 3.8) is 0 Å². The van der Waals surface area contributed by atoms with Crippen LogP contribution in [-0.2, 0) is 4.79 Å². The maximum absolute atomic E-state index is 11.9. The summed E-state index contributed by atoms with van der Waals surface area (Å²) in [7, 11) is 0. The molecule has 19 heavy (non-hydrogen) atoms. The molecule has 1 amide bonds. The fourth-order valence-electron chi connectivity index (χ4n) is 1.53. The molecule has 0 aliphatic heterocycles. The van der Waals surface area contributed by atoms with Crippen molar-refractivity contribution in [1.29, 1.82) is 0 Å². The van der Waals surface area contributed by atoms with Gasteiger partial charge in [0.25, 0.3) is 0 Å². The van der Waals surface area contributed by atoms with Crippen molar-refractivity contribution in [2.75, 3.05) is 5.32 Å². The summed E-state index contributed by atoms with van der Waals surface area (Å²) in [5.41, 5.74) is 6.16.